The molecule has 1 aliphatic rings. The number of anilines is 2. The number of fused-ring (bicyclic) bond motifs is 1. The normalized spacial score (nSPS) is 14.2. The van der Waals surface area contributed by atoms with Crippen molar-refractivity contribution in [2.75, 3.05) is 17.7 Å². The van der Waals surface area contributed by atoms with Crippen molar-refractivity contribution in [1.82, 2.24) is 0 Å². The lowest BCUT2D eigenvalue weighted by atomic mass is 9.85. The third kappa shape index (κ3) is 3.71. The molecule has 29 heavy (non-hydrogen) atoms. The molecule has 0 saturated carbocycles. The summed E-state index contributed by atoms with van der Waals surface area (Å²) >= 11 is 0. The summed E-state index contributed by atoms with van der Waals surface area (Å²) in [5, 5.41) is 16.7. The van der Waals surface area contributed by atoms with Gasteiger partial charge < -0.3 is 14.8 Å². The lowest BCUT2D eigenvalue weighted by Crippen LogP contribution is -2.38. The molecule has 0 saturated heterocycles. The molecule has 9 nitrogen and oxygen atoms in total. The van der Waals surface area contributed by atoms with Gasteiger partial charge in [-0.05, 0) is 43.2 Å². The minimum Gasteiger partial charge on any atom is -0.497 e. The van der Waals surface area contributed by atoms with Crippen molar-refractivity contribution < 1.29 is 24.0 Å². The molecule has 2 aromatic carbocycles. The number of amides is 2. The Bertz CT molecular complexity index is 967. The summed E-state index contributed by atoms with van der Waals surface area (Å²) in [5.41, 5.74) is -0.0159. The van der Waals surface area contributed by atoms with E-state index in [1.165, 1.54) is 19.2 Å². The summed E-state index contributed by atoms with van der Waals surface area (Å²) in [6.45, 7) is 3.73. The minimum absolute atomic E-state index is 0.0283. The predicted octanol–water partition coefficient (Wildman–Crippen LogP) is 4.43. The van der Waals surface area contributed by atoms with E-state index >= 15 is 0 Å². The Morgan fingerprint density at radius 2 is 1.90 bits per heavy atom. The number of carbonyl (C=O) groups is 2. The van der Waals surface area contributed by atoms with Gasteiger partial charge in [0, 0.05) is 17.2 Å². The van der Waals surface area contributed by atoms with Crippen LogP contribution < -0.4 is 15.4 Å². The van der Waals surface area contributed by atoms with E-state index in [0.717, 1.165) is 0 Å². The molecule has 152 valence electrons. The fraction of sp³-hybridized carbons (Fsp3) is 0.300. The van der Waals surface area contributed by atoms with Gasteiger partial charge in [0.1, 0.15) is 17.0 Å². The molecule has 0 bridgehead atoms. The van der Waals surface area contributed by atoms with Gasteiger partial charge in [-0.2, -0.15) is 0 Å². The average molecular weight is 399 g/mol. The number of nitro groups is 1. The quantitative estimate of drug-likeness (QED) is 0.548. The van der Waals surface area contributed by atoms with E-state index < -0.39 is 22.5 Å². The van der Waals surface area contributed by atoms with Crippen molar-refractivity contribution in [3.05, 3.63) is 57.6 Å². The van der Waals surface area contributed by atoms with E-state index in [4.69, 9.17) is 9.47 Å². The van der Waals surface area contributed by atoms with Crippen LogP contribution in [-0.4, -0.2) is 24.0 Å². The standard InChI is InChI=1S/C20H21N3O6/c1-4-20(5-2)14-10-16(17(23(26)27)11-15(14)22-19(25)29-20)21-18(24)12-6-8-13(28-3)9-7-12/h6-11H,4-5H2,1-3H3,(H,21,24)(H,22,25). The third-order valence-electron chi connectivity index (χ3n) is 5.09. The highest BCUT2D eigenvalue weighted by Crippen LogP contribution is 2.45. The van der Waals surface area contributed by atoms with Crippen molar-refractivity contribution in [3.8, 4) is 5.75 Å². The number of rotatable bonds is 6. The largest absolute Gasteiger partial charge is 0.497 e. The van der Waals surface area contributed by atoms with Crippen molar-refractivity contribution >= 4 is 29.1 Å². The Morgan fingerprint density at radius 1 is 1.24 bits per heavy atom. The van der Waals surface area contributed by atoms with Crippen molar-refractivity contribution in [3.63, 3.8) is 0 Å². The van der Waals surface area contributed by atoms with E-state index in [1.807, 2.05) is 13.8 Å². The maximum Gasteiger partial charge on any atom is 0.412 e. The Hall–Kier alpha value is -3.62. The fourth-order valence-electron chi connectivity index (χ4n) is 3.40. The van der Waals surface area contributed by atoms with E-state index in [0.29, 0.717) is 35.4 Å². The zero-order valence-corrected chi connectivity index (χ0v) is 16.3. The highest BCUT2D eigenvalue weighted by Gasteiger charge is 2.41. The predicted molar refractivity (Wildman–Crippen MR) is 106 cm³/mol. The SMILES string of the molecule is CCC1(CC)OC(=O)Nc2cc([N+](=O)[O-])c(NC(=O)c3ccc(OC)cc3)cc21. The fourth-order valence-corrected chi connectivity index (χ4v) is 3.40. The average Bonchev–Trinajstić information content (AvgIpc) is 2.72. The second-order valence-corrected chi connectivity index (χ2v) is 6.57. The van der Waals surface area contributed by atoms with Crippen molar-refractivity contribution in [2.45, 2.75) is 32.3 Å². The maximum absolute atomic E-state index is 12.6. The first-order chi connectivity index (χ1) is 13.8. The van der Waals surface area contributed by atoms with Gasteiger partial charge in [-0.1, -0.05) is 13.8 Å². The van der Waals surface area contributed by atoms with E-state index in [9.17, 15) is 19.7 Å². The molecule has 2 amide bonds. The monoisotopic (exact) mass is 399 g/mol. The maximum atomic E-state index is 12.6. The molecule has 9 heteroatoms. The smallest absolute Gasteiger partial charge is 0.412 e. The lowest BCUT2D eigenvalue weighted by Gasteiger charge is -2.37. The van der Waals surface area contributed by atoms with Crippen LogP contribution in [-0.2, 0) is 10.3 Å². The molecule has 0 spiro atoms. The summed E-state index contributed by atoms with van der Waals surface area (Å²) in [4.78, 5) is 35.6. The number of nitrogens with zero attached hydrogens (tertiary/aromatic N) is 1. The molecule has 1 heterocycles. The number of methoxy groups -OCH3 is 1. The molecule has 1 aliphatic heterocycles. The zero-order chi connectivity index (χ0) is 21.2. The van der Waals surface area contributed by atoms with Gasteiger partial charge in [0.15, 0.2) is 0 Å². The van der Waals surface area contributed by atoms with Gasteiger partial charge in [-0.15, -0.1) is 0 Å². The van der Waals surface area contributed by atoms with Crippen molar-refractivity contribution in [1.29, 1.82) is 0 Å². The number of hydrogen-bond donors (Lipinski definition) is 2. The highest BCUT2D eigenvalue weighted by atomic mass is 16.6. The number of benzene rings is 2. The van der Waals surface area contributed by atoms with Gasteiger partial charge >= 0.3 is 6.09 Å². The highest BCUT2D eigenvalue weighted by molar-refractivity contribution is 6.06. The molecular formula is C20H21N3O6. The second kappa shape index (κ2) is 7.78. The number of cyclic esters (lactones) is 1. The Balaban J connectivity index is 2.04. The van der Waals surface area contributed by atoms with Crippen LogP contribution >= 0.6 is 0 Å². The summed E-state index contributed by atoms with van der Waals surface area (Å²) in [6.07, 6.45) is 0.298. The number of nitro benzene ring substituents is 1. The van der Waals surface area contributed by atoms with Crippen LogP contribution in [0, 0.1) is 10.1 Å². The Kier molecular flexibility index (Phi) is 5.40. The molecule has 3 rings (SSSR count). The van der Waals surface area contributed by atoms with Crippen LogP contribution in [0.15, 0.2) is 36.4 Å². The Labute approximate surface area is 167 Å². The summed E-state index contributed by atoms with van der Waals surface area (Å²) < 4.78 is 10.6. The topological polar surface area (TPSA) is 120 Å². The molecular weight excluding hydrogens is 378 g/mol. The third-order valence-corrected chi connectivity index (χ3v) is 5.09. The molecule has 0 unspecified atom stereocenters. The van der Waals surface area contributed by atoms with Gasteiger partial charge in [0.05, 0.1) is 17.7 Å². The molecule has 0 atom stereocenters. The summed E-state index contributed by atoms with van der Waals surface area (Å²) in [6, 6.07) is 9.12. The van der Waals surface area contributed by atoms with Gasteiger partial charge in [-0.25, -0.2) is 4.79 Å². The number of carbonyl (C=O) groups excluding carboxylic acids is 2. The van der Waals surface area contributed by atoms with Gasteiger partial charge in [-0.3, -0.25) is 20.2 Å². The van der Waals surface area contributed by atoms with Crippen LogP contribution in [0.25, 0.3) is 0 Å². The van der Waals surface area contributed by atoms with E-state index in [-0.39, 0.29) is 11.4 Å². The first kappa shape index (κ1) is 20.1. The first-order valence-corrected chi connectivity index (χ1v) is 9.12. The zero-order valence-electron chi connectivity index (χ0n) is 16.3. The van der Waals surface area contributed by atoms with Crippen LogP contribution in [0.2, 0.25) is 0 Å². The molecule has 2 aromatic rings. The number of ether oxygens (including phenoxy) is 2. The van der Waals surface area contributed by atoms with Gasteiger partial charge in [0.2, 0.25) is 0 Å². The van der Waals surface area contributed by atoms with E-state index in [2.05, 4.69) is 10.6 Å². The van der Waals surface area contributed by atoms with Gasteiger partial charge in [0.25, 0.3) is 11.6 Å². The number of hydrogen-bond acceptors (Lipinski definition) is 6. The Morgan fingerprint density at radius 3 is 2.45 bits per heavy atom. The minimum atomic E-state index is -0.924. The molecule has 0 aromatic heterocycles. The molecule has 0 radical (unpaired) electrons. The molecule has 0 aliphatic carbocycles. The van der Waals surface area contributed by atoms with Crippen LogP contribution in [0.5, 0.6) is 5.75 Å². The van der Waals surface area contributed by atoms with Crippen molar-refractivity contribution in [2.24, 2.45) is 0 Å². The number of nitrogens with one attached hydrogen (secondary N) is 2. The van der Waals surface area contributed by atoms with Crippen LogP contribution in [0.4, 0.5) is 21.9 Å². The second-order valence-electron chi connectivity index (χ2n) is 6.57. The van der Waals surface area contributed by atoms with Crippen LogP contribution in [0.3, 0.4) is 0 Å². The molecule has 0 fully saturated rings. The van der Waals surface area contributed by atoms with Crippen LogP contribution in [0.1, 0.15) is 42.6 Å². The summed E-state index contributed by atoms with van der Waals surface area (Å²) in [5.74, 6) is 0.0833. The van der Waals surface area contributed by atoms with E-state index in [1.54, 1.807) is 24.3 Å². The molecule has 2 N–H and O–H groups in total. The lowest BCUT2D eigenvalue weighted by molar-refractivity contribution is -0.383. The first-order valence-electron chi connectivity index (χ1n) is 9.12. The summed E-state index contributed by atoms with van der Waals surface area (Å²) in [7, 11) is 1.51.